The number of ether oxygens (including phenoxy) is 4. The van der Waals surface area contributed by atoms with Gasteiger partial charge in [0.1, 0.15) is 0 Å². The van der Waals surface area contributed by atoms with Gasteiger partial charge in [0.05, 0.1) is 34.7 Å². The second kappa shape index (κ2) is 10.0. The summed E-state index contributed by atoms with van der Waals surface area (Å²) in [6.45, 7) is 5.57. The molecule has 0 atom stereocenters. The smallest absolute Gasteiger partial charge is 0.306 e. The molecular formula is C18H24N2O5. The van der Waals surface area contributed by atoms with Crippen LogP contribution in [0, 0.1) is 0 Å². The number of amides is 1. The molecule has 7 nitrogen and oxygen atoms in total. The summed E-state index contributed by atoms with van der Waals surface area (Å²) in [5.74, 6) is 1.19. The SMILES string of the molecule is C=C/C(CC)=C(/OC)C(=O)N/N=C\c1cc(OC)c(OC)c(OC)c1. The quantitative estimate of drug-likeness (QED) is 0.244. The minimum Gasteiger partial charge on any atom is -0.493 e. The lowest BCUT2D eigenvalue weighted by Gasteiger charge is -2.12. The van der Waals surface area contributed by atoms with E-state index >= 15 is 0 Å². The fourth-order valence-corrected chi connectivity index (χ4v) is 2.16. The van der Waals surface area contributed by atoms with Crippen molar-refractivity contribution >= 4 is 12.1 Å². The molecule has 0 unspecified atom stereocenters. The van der Waals surface area contributed by atoms with E-state index in [-0.39, 0.29) is 5.76 Å². The van der Waals surface area contributed by atoms with Crippen LogP contribution in [0.25, 0.3) is 0 Å². The fraction of sp³-hybridized carbons (Fsp3) is 0.333. The van der Waals surface area contributed by atoms with Gasteiger partial charge in [0.25, 0.3) is 0 Å². The Morgan fingerprint density at radius 3 is 2.16 bits per heavy atom. The number of rotatable bonds is 9. The summed E-state index contributed by atoms with van der Waals surface area (Å²) in [5, 5.41) is 3.94. The molecule has 0 bridgehead atoms. The van der Waals surface area contributed by atoms with Crippen molar-refractivity contribution < 1.29 is 23.7 Å². The zero-order valence-corrected chi connectivity index (χ0v) is 15.2. The molecule has 0 aliphatic heterocycles. The Morgan fingerprint density at radius 2 is 1.76 bits per heavy atom. The van der Waals surface area contributed by atoms with Gasteiger partial charge in [-0.15, -0.1) is 0 Å². The molecule has 0 heterocycles. The van der Waals surface area contributed by atoms with Crippen molar-refractivity contribution in [3.8, 4) is 17.2 Å². The van der Waals surface area contributed by atoms with Crippen molar-refractivity contribution in [2.24, 2.45) is 5.10 Å². The van der Waals surface area contributed by atoms with Crippen LogP contribution in [0.15, 0.2) is 41.2 Å². The predicted molar refractivity (Wildman–Crippen MR) is 96.4 cm³/mol. The van der Waals surface area contributed by atoms with E-state index in [1.54, 1.807) is 18.2 Å². The van der Waals surface area contributed by atoms with Gasteiger partial charge in [-0.2, -0.15) is 5.10 Å². The highest BCUT2D eigenvalue weighted by Crippen LogP contribution is 2.37. The predicted octanol–water partition coefficient (Wildman–Crippen LogP) is 2.66. The maximum absolute atomic E-state index is 12.1. The van der Waals surface area contributed by atoms with Crippen LogP contribution in [0.3, 0.4) is 0 Å². The average Bonchev–Trinajstić information content (AvgIpc) is 2.64. The summed E-state index contributed by atoms with van der Waals surface area (Å²) in [5.41, 5.74) is 3.78. The van der Waals surface area contributed by atoms with Crippen molar-refractivity contribution in [1.29, 1.82) is 0 Å². The minimum absolute atomic E-state index is 0.180. The molecule has 0 fully saturated rings. The van der Waals surface area contributed by atoms with Crippen molar-refractivity contribution in [2.75, 3.05) is 28.4 Å². The summed E-state index contributed by atoms with van der Waals surface area (Å²) < 4.78 is 20.9. The molecule has 1 aromatic carbocycles. The molecule has 0 aliphatic carbocycles. The Balaban J connectivity index is 3.01. The van der Waals surface area contributed by atoms with Crippen LogP contribution < -0.4 is 19.6 Å². The second-order valence-corrected chi connectivity index (χ2v) is 4.77. The third-order valence-corrected chi connectivity index (χ3v) is 3.40. The van der Waals surface area contributed by atoms with Crippen molar-refractivity contribution in [3.63, 3.8) is 0 Å². The highest BCUT2D eigenvalue weighted by atomic mass is 16.5. The molecule has 0 aromatic heterocycles. The number of allylic oxidation sites excluding steroid dienone is 2. The van der Waals surface area contributed by atoms with E-state index in [4.69, 9.17) is 18.9 Å². The molecule has 0 saturated carbocycles. The topological polar surface area (TPSA) is 78.4 Å². The van der Waals surface area contributed by atoms with Gasteiger partial charge in [-0.1, -0.05) is 19.6 Å². The molecule has 1 aromatic rings. The Morgan fingerprint density at radius 1 is 1.16 bits per heavy atom. The molecule has 25 heavy (non-hydrogen) atoms. The van der Waals surface area contributed by atoms with E-state index in [2.05, 4.69) is 17.1 Å². The van der Waals surface area contributed by atoms with E-state index in [9.17, 15) is 4.79 Å². The van der Waals surface area contributed by atoms with Crippen LogP contribution >= 0.6 is 0 Å². The van der Waals surface area contributed by atoms with E-state index in [0.29, 0.717) is 34.8 Å². The van der Waals surface area contributed by atoms with E-state index in [1.165, 1.54) is 34.7 Å². The first-order valence-electron chi connectivity index (χ1n) is 7.59. The monoisotopic (exact) mass is 348 g/mol. The number of carbonyl (C=O) groups excluding carboxylic acids is 1. The van der Waals surface area contributed by atoms with Crippen LogP contribution in [0.5, 0.6) is 17.2 Å². The lowest BCUT2D eigenvalue weighted by molar-refractivity contribution is -0.120. The standard InChI is InChI=1S/C18H24N2O5/c1-7-13(8-2)16(24-5)18(21)20-19-11-12-9-14(22-3)17(25-6)15(10-12)23-4/h7,9-11H,1,8H2,2-6H3,(H,20,21)/b16-13-,19-11-. The Hall–Kier alpha value is -2.96. The molecule has 0 spiro atoms. The summed E-state index contributed by atoms with van der Waals surface area (Å²) in [6.07, 6.45) is 3.67. The third kappa shape index (κ3) is 5.00. The van der Waals surface area contributed by atoms with Crippen LogP contribution in [-0.4, -0.2) is 40.6 Å². The molecule has 1 rings (SSSR count). The maximum Gasteiger partial charge on any atom is 0.306 e. The lowest BCUT2D eigenvalue weighted by atomic mass is 10.1. The zero-order valence-electron chi connectivity index (χ0n) is 15.2. The van der Waals surface area contributed by atoms with Crippen molar-refractivity contribution in [3.05, 3.63) is 41.7 Å². The van der Waals surface area contributed by atoms with Gasteiger partial charge in [0, 0.05) is 5.56 Å². The van der Waals surface area contributed by atoms with E-state index in [0.717, 1.165) is 0 Å². The van der Waals surface area contributed by atoms with Crippen LogP contribution in [0.2, 0.25) is 0 Å². The van der Waals surface area contributed by atoms with Gasteiger partial charge in [-0.3, -0.25) is 4.79 Å². The second-order valence-electron chi connectivity index (χ2n) is 4.77. The molecule has 136 valence electrons. The number of hydrazone groups is 1. The Bertz CT molecular complexity index is 655. The molecule has 0 aliphatic rings. The first-order chi connectivity index (χ1) is 12.1. The summed E-state index contributed by atoms with van der Waals surface area (Å²) in [6, 6.07) is 3.43. The van der Waals surface area contributed by atoms with Gasteiger partial charge in [-0.25, -0.2) is 5.43 Å². The zero-order chi connectivity index (χ0) is 18.8. The Kier molecular flexibility index (Phi) is 8.05. The first kappa shape index (κ1) is 20.1. The fourth-order valence-electron chi connectivity index (χ4n) is 2.16. The number of hydrogen-bond donors (Lipinski definition) is 1. The normalized spacial score (nSPS) is 11.6. The van der Waals surface area contributed by atoms with E-state index in [1.807, 2.05) is 6.92 Å². The van der Waals surface area contributed by atoms with E-state index < -0.39 is 5.91 Å². The number of hydrogen-bond acceptors (Lipinski definition) is 6. The minimum atomic E-state index is -0.456. The third-order valence-electron chi connectivity index (χ3n) is 3.40. The molecule has 0 radical (unpaired) electrons. The molecule has 7 heteroatoms. The van der Waals surface area contributed by atoms with Gasteiger partial charge < -0.3 is 18.9 Å². The van der Waals surface area contributed by atoms with Crippen molar-refractivity contribution in [1.82, 2.24) is 5.43 Å². The summed E-state index contributed by atoms with van der Waals surface area (Å²) >= 11 is 0. The lowest BCUT2D eigenvalue weighted by Crippen LogP contribution is -2.22. The molecular weight excluding hydrogens is 324 g/mol. The number of carbonyl (C=O) groups is 1. The number of methoxy groups -OCH3 is 4. The summed E-state index contributed by atoms with van der Waals surface area (Å²) in [4.78, 5) is 12.1. The maximum atomic E-state index is 12.1. The number of nitrogens with one attached hydrogen (secondary N) is 1. The van der Waals surface area contributed by atoms with Crippen LogP contribution in [-0.2, 0) is 9.53 Å². The highest BCUT2D eigenvalue weighted by Gasteiger charge is 2.14. The average molecular weight is 348 g/mol. The largest absolute Gasteiger partial charge is 0.493 e. The molecule has 1 N–H and O–H groups in total. The number of nitrogens with zero attached hydrogens (tertiary/aromatic N) is 1. The van der Waals surface area contributed by atoms with Gasteiger partial charge >= 0.3 is 5.91 Å². The molecule has 1 amide bonds. The van der Waals surface area contributed by atoms with Crippen molar-refractivity contribution in [2.45, 2.75) is 13.3 Å². The van der Waals surface area contributed by atoms with Gasteiger partial charge in [0.15, 0.2) is 17.3 Å². The first-order valence-corrected chi connectivity index (χ1v) is 7.59. The van der Waals surface area contributed by atoms with Gasteiger partial charge in [-0.05, 0) is 24.1 Å². The number of benzene rings is 1. The Labute approximate surface area is 147 Å². The van der Waals surface area contributed by atoms with Crippen LogP contribution in [0.4, 0.5) is 0 Å². The summed E-state index contributed by atoms with van der Waals surface area (Å²) in [7, 11) is 6.00. The van der Waals surface area contributed by atoms with Gasteiger partial charge in [0.2, 0.25) is 5.75 Å². The van der Waals surface area contributed by atoms with Crippen LogP contribution in [0.1, 0.15) is 18.9 Å². The highest BCUT2D eigenvalue weighted by molar-refractivity contribution is 5.93. The molecule has 0 saturated heterocycles.